The Morgan fingerprint density at radius 1 is 1.25 bits per heavy atom. The predicted octanol–water partition coefficient (Wildman–Crippen LogP) is 3.33. The Kier molecular flexibility index (Phi) is 4.77. The molecule has 1 amide bonds. The van der Waals surface area contributed by atoms with Crippen molar-refractivity contribution in [3.05, 3.63) is 66.1 Å². The van der Waals surface area contributed by atoms with Gasteiger partial charge in [-0.15, -0.1) is 5.10 Å². The van der Waals surface area contributed by atoms with Gasteiger partial charge in [-0.2, -0.15) is 0 Å². The van der Waals surface area contributed by atoms with Crippen LogP contribution in [0.2, 0.25) is 5.02 Å². The molecular weight excluding hydrogens is 328 g/mol. The summed E-state index contributed by atoms with van der Waals surface area (Å²) in [7, 11) is 0. The van der Waals surface area contributed by atoms with E-state index in [1.807, 2.05) is 30.3 Å². The topological polar surface area (TPSA) is 69.0 Å². The molecule has 3 rings (SSSR count). The number of hydrogen-bond donors (Lipinski definition) is 1. The van der Waals surface area contributed by atoms with E-state index in [2.05, 4.69) is 15.4 Å². The number of nitrogens with one attached hydrogen (secondary N) is 1. The van der Waals surface area contributed by atoms with Crippen molar-refractivity contribution in [3.63, 3.8) is 0 Å². The maximum Gasteiger partial charge on any atom is 0.265 e. The monoisotopic (exact) mass is 342 g/mol. The molecule has 0 aliphatic carbocycles. The third-order valence-electron chi connectivity index (χ3n) is 3.25. The fourth-order valence-corrected chi connectivity index (χ4v) is 2.21. The summed E-state index contributed by atoms with van der Waals surface area (Å²) in [4.78, 5) is 16.1. The van der Waals surface area contributed by atoms with E-state index in [9.17, 15) is 4.79 Å². The lowest BCUT2D eigenvalue weighted by atomic mass is 10.3. The van der Waals surface area contributed by atoms with Crippen molar-refractivity contribution in [2.45, 2.75) is 13.0 Å². The van der Waals surface area contributed by atoms with Crippen LogP contribution < -0.4 is 10.1 Å². The number of hydrogen-bond acceptors (Lipinski definition) is 4. The zero-order valence-corrected chi connectivity index (χ0v) is 13.6. The first kappa shape index (κ1) is 16.0. The van der Waals surface area contributed by atoms with Crippen LogP contribution in [0.4, 0.5) is 5.69 Å². The molecule has 1 atom stereocenters. The molecule has 0 saturated heterocycles. The lowest BCUT2D eigenvalue weighted by Crippen LogP contribution is -2.30. The second kappa shape index (κ2) is 7.14. The van der Waals surface area contributed by atoms with Crippen LogP contribution in [0, 0.1) is 0 Å². The van der Waals surface area contributed by atoms with Crippen molar-refractivity contribution >= 4 is 23.2 Å². The van der Waals surface area contributed by atoms with Gasteiger partial charge in [0.05, 0.1) is 23.8 Å². The number of nitrogens with zero attached hydrogens (tertiary/aromatic N) is 3. The Morgan fingerprint density at radius 2 is 2.04 bits per heavy atom. The van der Waals surface area contributed by atoms with E-state index in [0.717, 1.165) is 5.69 Å². The van der Waals surface area contributed by atoms with Gasteiger partial charge in [-0.3, -0.25) is 9.78 Å². The standard InChI is InChI=1S/C17H15ClN4O2/c1-12(16(23)20-13-6-5-9-19-10-13)24-17-15(18)11-22(21-17)14-7-3-2-4-8-14/h2-12H,1H3,(H,20,23)/t12-/m0/s1. The molecule has 7 heteroatoms. The summed E-state index contributed by atoms with van der Waals surface area (Å²) in [5, 5.41) is 7.33. The van der Waals surface area contributed by atoms with Crippen LogP contribution in [0.5, 0.6) is 5.88 Å². The van der Waals surface area contributed by atoms with Crippen molar-refractivity contribution in [2.24, 2.45) is 0 Å². The highest BCUT2D eigenvalue weighted by Crippen LogP contribution is 2.25. The fraction of sp³-hybridized carbons (Fsp3) is 0.118. The number of aromatic nitrogens is 3. The van der Waals surface area contributed by atoms with Gasteiger partial charge in [0.1, 0.15) is 5.02 Å². The van der Waals surface area contributed by atoms with Crippen LogP contribution in [0.25, 0.3) is 5.69 Å². The van der Waals surface area contributed by atoms with Crippen LogP contribution in [-0.4, -0.2) is 26.8 Å². The van der Waals surface area contributed by atoms with Crippen molar-refractivity contribution in [3.8, 4) is 11.6 Å². The van der Waals surface area contributed by atoms with Gasteiger partial charge in [-0.1, -0.05) is 29.8 Å². The molecule has 6 nitrogen and oxygen atoms in total. The highest BCUT2D eigenvalue weighted by atomic mass is 35.5. The molecule has 2 aromatic heterocycles. The predicted molar refractivity (Wildman–Crippen MR) is 91.5 cm³/mol. The van der Waals surface area contributed by atoms with Crippen molar-refractivity contribution in [1.82, 2.24) is 14.8 Å². The molecule has 1 aromatic carbocycles. The lowest BCUT2D eigenvalue weighted by molar-refractivity contribution is -0.122. The van der Waals surface area contributed by atoms with E-state index in [-0.39, 0.29) is 11.8 Å². The quantitative estimate of drug-likeness (QED) is 0.772. The molecule has 2 heterocycles. The van der Waals surface area contributed by atoms with Crippen LogP contribution in [0.15, 0.2) is 61.1 Å². The Labute approximate surface area is 144 Å². The molecule has 0 aliphatic heterocycles. The summed E-state index contributed by atoms with van der Waals surface area (Å²) in [6.45, 7) is 1.63. The Morgan fingerprint density at radius 3 is 2.75 bits per heavy atom. The average molecular weight is 343 g/mol. The highest BCUT2D eigenvalue weighted by molar-refractivity contribution is 6.31. The first-order chi connectivity index (χ1) is 11.6. The minimum Gasteiger partial charge on any atom is -0.462 e. The Hall–Kier alpha value is -2.86. The SMILES string of the molecule is C[C@H](Oc1nn(-c2ccccc2)cc1Cl)C(=O)Nc1cccnc1. The Bertz CT molecular complexity index is 821. The first-order valence-corrected chi connectivity index (χ1v) is 7.69. The molecule has 122 valence electrons. The van der Waals surface area contributed by atoms with Gasteiger partial charge in [0.15, 0.2) is 6.10 Å². The van der Waals surface area contributed by atoms with Crippen LogP contribution in [-0.2, 0) is 4.79 Å². The second-order valence-corrected chi connectivity index (χ2v) is 5.46. The number of pyridine rings is 1. The van der Waals surface area contributed by atoms with E-state index < -0.39 is 6.10 Å². The van der Waals surface area contributed by atoms with Gasteiger partial charge < -0.3 is 10.1 Å². The van der Waals surface area contributed by atoms with Gasteiger partial charge in [0.2, 0.25) is 0 Å². The smallest absolute Gasteiger partial charge is 0.265 e. The maximum absolute atomic E-state index is 12.2. The number of anilines is 1. The van der Waals surface area contributed by atoms with Gasteiger partial charge in [0, 0.05) is 6.20 Å². The third-order valence-corrected chi connectivity index (χ3v) is 3.51. The summed E-state index contributed by atoms with van der Waals surface area (Å²) in [6.07, 6.45) is 4.06. The summed E-state index contributed by atoms with van der Waals surface area (Å²) >= 11 is 6.15. The molecule has 0 unspecified atom stereocenters. The third kappa shape index (κ3) is 3.72. The van der Waals surface area contributed by atoms with Crippen LogP contribution in [0.1, 0.15) is 6.92 Å². The lowest BCUT2D eigenvalue weighted by Gasteiger charge is -2.13. The first-order valence-electron chi connectivity index (χ1n) is 7.31. The normalized spacial score (nSPS) is 11.8. The van der Waals surface area contributed by atoms with E-state index in [1.165, 1.54) is 0 Å². The number of amides is 1. The average Bonchev–Trinajstić information content (AvgIpc) is 2.97. The van der Waals surface area contributed by atoms with Gasteiger partial charge >= 0.3 is 0 Å². The molecule has 0 spiro atoms. The van der Waals surface area contributed by atoms with Gasteiger partial charge in [-0.25, -0.2) is 4.68 Å². The van der Waals surface area contributed by atoms with Crippen molar-refractivity contribution in [2.75, 3.05) is 5.32 Å². The maximum atomic E-state index is 12.2. The number of carbonyl (C=O) groups excluding carboxylic acids is 1. The van der Waals surface area contributed by atoms with Gasteiger partial charge in [0.25, 0.3) is 11.8 Å². The van der Waals surface area contributed by atoms with Crippen LogP contribution in [0.3, 0.4) is 0 Å². The molecule has 24 heavy (non-hydrogen) atoms. The zero-order valence-electron chi connectivity index (χ0n) is 12.9. The second-order valence-electron chi connectivity index (χ2n) is 5.05. The van der Waals surface area contributed by atoms with E-state index in [0.29, 0.717) is 10.7 Å². The Balaban J connectivity index is 1.69. The molecule has 0 bridgehead atoms. The zero-order chi connectivity index (χ0) is 16.9. The fourth-order valence-electron chi connectivity index (χ4n) is 2.03. The number of rotatable bonds is 5. The largest absolute Gasteiger partial charge is 0.462 e. The molecular formula is C17H15ClN4O2. The molecule has 0 fully saturated rings. The number of carbonyl (C=O) groups is 1. The van der Waals surface area contributed by atoms with Crippen LogP contribution >= 0.6 is 11.6 Å². The number of halogens is 1. The van der Waals surface area contributed by atoms with Crippen molar-refractivity contribution in [1.29, 1.82) is 0 Å². The van der Waals surface area contributed by atoms with Crippen molar-refractivity contribution < 1.29 is 9.53 Å². The molecule has 0 radical (unpaired) electrons. The highest BCUT2D eigenvalue weighted by Gasteiger charge is 2.19. The molecule has 1 N–H and O–H groups in total. The summed E-state index contributed by atoms with van der Waals surface area (Å²) < 4.78 is 7.19. The molecule has 0 saturated carbocycles. The summed E-state index contributed by atoms with van der Waals surface area (Å²) in [6, 6.07) is 13.0. The minimum absolute atomic E-state index is 0.203. The minimum atomic E-state index is -0.762. The number of ether oxygens (including phenoxy) is 1. The summed E-state index contributed by atoms with van der Waals surface area (Å²) in [5.41, 5.74) is 1.44. The molecule has 0 aliphatic rings. The number of para-hydroxylation sites is 1. The van der Waals surface area contributed by atoms with E-state index >= 15 is 0 Å². The van der Waals surface area contributed by atoms with Gasteiger partial charge in [-0.05, 0) is 31.2 Å². The van der Waals surface area contributed by atoms with E-state index in [1.54, 1.807) is 42.3 Å². The summed E-state index contributed by atoms with van der Waals surface area (Å²) in [5.74, 6) is -0.109. The van der Waals surface area contributed by atoms with E-state index in [4.69, 9.17) is 16.3 Å². The molecule has 3 aromatic rings. The number of benzene rings is 1.